The lowest BCUT2D eigenvalue weighted by Gasteiger charge is -2.16. The van der Waals surface area contributed by atoms with Gasteiger partial charge in [-0.3, -0.25) is 14.2 Å². The summed E-state index contributed by atoms with van der Waals surface area (Å²) in [5.41, 5.74) is 1.76. The number of ether oxygens (including phenoxy) is 2. The van der Waals surface area contributed by atoms with Gasteiger partial charge in [-0.25, -0.2) is 0 Å². The van der Waals surface area contributed by atoms with Crippen LogP contribution in [0.5, 0.6) is 11.5 Å². The van der Waals surface area contributed by atoms with E-state index in [1.807, 2.05) is 36.5 Å². The average molecular weight is 421 g/mol. The van der Waals surface area contributed by atoms with Gasteiger partial charge in [0.1, 0.15) is 29.0 Å². The first-order valence-electron chi connectivity index (χ1n) is 9.68. The van der Waals surface area contributed by atoms with E-state index in [0.29, 0.717) is 35.2 Å². The van der Waals surface area contributed by atoms with E-state index in [1.54, 1.807) is 55.2 Å². The summed E-state index contributed by atoms with van der Waals surface area (Å²) in [5.74, 6) is 1.76. The highest BCUT2D eigenvalue weighted by atomic mass is 16.5. The molecule has 1 amide bonds. The van der Waals surface area contributed by atoms with Crippen LogP contribution in [0.15, 0.2) is 65.5 Å². The Morgan fingerprint density at radius 1 is 1.19 bits per heavy atom. The Kier molecular flexibility index (Phi) is 5.74. The van der Waals surface area contributed by atoms with Gasteiger partial charge in [-0.1, -0.05) is 0 Å². The molecule has 0 unspecified atom stereocenters. The van der Waals surface area contributed by atoms with E-state index in [4.69, 9.17) is 13.9 Å². The van der Waals surface area contributed by atoms with Crippen molar-refractivity contribution in [2.45, 2.75) is 6.04 Å². The number of nitrogens with one attached hydrogen (secondary N) is 1. The van der Waals surface area contributed by atoms with Crippen LogP contribution in [0.25, 0.3) is 11.3 Å². The number of carbonyl (C=O) groups excluding carboxylic acids is 1. The van der Waals surface area contributed by atoms with Gasteiger partial charge in [0.2, 0.25) is 0 Å². The molecule has 0 spiro atoms. The van der Waals surface area contributed by atoms with Crippen LogP contribution in [-0.4, -0.2) is 46.2 Å². The molecular formula is C22H23N5O4. The first kappa shape index (κ1) is 20.3. The van der Waals surface area contributed by atoms with Crippen molar-refractivity contribution in [3.63, 3.8) is 0 Å². The van der Waals surface area contributed by atoms with Crippen LogP contribution >= 0.6 is 0 Å². The molecule has 9 nitrogen and oxygen atoms in total. The fourth-order valence-electron chi connectivity index (χ4n) is 3.38. The number of hydrogen-bond donors (Lipinski definition) is 1. The lowest BCUT2D eigenvalue weighted by Crippen LogP contribution is -2.32. The molecule has 0 aliphatic heterocycles. The molecule has 0 aliphatic carbocycles. The number of aryl methyl sites for hydroxylation is 1. The highest BCUT2D eigenvalue weighted by molar-refractivity contribution is 5.94. The topological polar surface area (TPSA) is 96.3 Å². The summed E-state index contributed by atoms with van der Waals surface area (Å²) in [4.78, 5) is 12.9. The van der Waals surface area contributed by atoms with Crippen molar-refractivity contribution in [3.8, 4) is 22.8 Å². The van der Waals surface area contributed by atoms with E-state index >= 15 is 0 Å². The summed E-state index contributed by atoms with van der Waals surface area (Å²) in [5, 5.41) is 11.7. The Morgan fingerprint density at radius 3 is 2.74 bits per heavy atom. The van der Waals surface area contributed by atoms with Crippen molar-refractivity contribution in [2.75, 3.05) is 20.8 Å². The van der Waals surface area contributed by atoms with Crippen LogP contribution in [0.2, 0.25) is 0 Å². The van der Waals surface area contributed by atoms with E-state index in [9.17, 15) is 4.79 Å². The number of amides is 1. The van der Waals surface area contributed by atoms with Gasteiger partial charge in [0.05, 0.1) is 26.2 Å². The summed E-state index contributed by atoms with van der Waals surface area (Å²) in [6.07, 6.45) is 5.12. The zero-order valence-electron chi connectivity index (χ0n) is 17.5. The predicted octanol–water partition coefficient (Wildman–Crippen LogP) is 2.91. The Hall–Kier alpha value is -4.01. The van der Waals surface area contributed by atoms with E-state index in [1.165, 1.54) is 0 Å². The van der Waals surface area contributed by atoms with Crippen LogP contribution in [0.3, 0.4) is 0 Å². The first-order valence-corrected chi connectivity index (χ1v) is 9.68. The van der Waals surface area contributed by atoms with Gasteiger partial charge >= 0.3 is 0 Å². The normalized spacial score (nSPS) is 11.8. The van der Waals surface area contributed by atoms with Gasteiger partial charge in [-0.2, -0.15) is 10.2 Å². The molecule has 0 radical (unpaired) electrons. The molecule has 31 heavy (non-hydrogen) atoms. The first-order chi connectivity index (χ1) is 15.1. The fraction of sp³-hybridized carbons (Fsp3) is 0.227. The highest BCUT2D eigenvalue weighted by Gasteiger charge is 2.21. The van der Waals surface area contributed by atoms with Crippen LogP contribution in [0.1, 0.15) is 22.3 Å². The number of furan rings is 1. The van der Waals surface area contributed by atoms with Crippen LogP contribution in [-0.2, 0) is 7.05 Å². The number of carbonyl (C=O) groups is 1. The lowest BCUT2D eigenvalue weighted by atomic mass is 10.1. The van der Waals surface area contributed by atoms with Crippen molar-refractivity contribution >= 4 is 5.91 Å². The Bertz CT molecular complexity index is 1110. The second-order valence-electron chi connectivity index (χ2n) is 6.83. The fourth-order valence-corrected chi connectivity index (χ4v) is 3.38. The van der Waals surface area contributed by atoms with Crippen molar-refractivity contribution in [1.82, 2.24) is 24.9 Å². The van der Waals surface area contributed by atoms with Crippen LogP contribution in [0, 0.1) is 0 Å². The van der Waals surface area contributed by atoms with Crippen molar-refractivity contribution in [2.24, 2.45) is 7.05 Å². The predicted molar refractivity (Wildman–Crippen MR) is 113 cm³/mol. The largest absolute Gasteiger partial charge is 0.497 e. The third kappa shape index (κ3) is 4.16. The summed E-state index contributed by atoms with van der Waals surface area (Å²) in [6, 6.07) is 12.4. The molecular weight excluding hydrogens is 398 g/mol. The highest BCUT2D eigenvalue weighted by Crippen LogP contribution is 2.33. The molecule has 0 saturated carbocycles. The SMILES string of the molecule is COc1ccc(OC)c(-c2cc(C(=O)NC[C@H](c3ccco3)n3cccn3)n(C)n2)c1. The number of benzene rings is 1. The molecule has 4 aromatic rings. The minimum absolute atomic E-state index is 0.258. The summed E-state index contributed by atoms with van der Waals surface area (Å²) >= 11 is 0. The number of aromatic nitrogens is 4. The number of methoxy groups -OCH3 is 2. The molecule has 3 aromatic heterocycles. The van der Waals surface area contributed by atoms with Gasteiger partial charge in [0, 0.05) is 31.5 Å². The molecule has 0 fully saturated rings. The third-order valence-corrected chi connectivity index (χ3v) is 4.97. The molecule has 9 heteroatoms. The van der Waals surface area contributed by atoms with Gasteiger partial charge < -0.3 is 19.2 Å². The maximum Gasteiger partial charge on any atom is 0.269 e. The van der Waals surface area contributed by atoms with Gasteiger partial charge in [0.25, 0.3) is 5.91 Å². The Balaban J connectivity index is 1.56. The molecule has 4 rings (SSSR count). The molecule has 0 bridgehead atoms. The lowest BCUT2D eigenvalue weighted by molar-refractivity contribution is 0.0938. The molecule has 1 N–H and O–H groups in total. The zero-order chi connectivity index (χ0) is 21.8. The van der Waals surface area contributed by atoms with Crippen LogP contribution in [0.4, 0.5) is 0 Å². The molecule has 3 heterocycles. The maximum atomic E-state index is 12.9. The van der Waals surface area contributed by atoms with E-state index in [-0.39, 0.29) is 11.9 Å². The minimum Gasteiger partial charge on any atom is -0.497 e. The minimum atomic E-state index is -0.264. The van der Waals surface area contributed by atoms with Gasteiger partial charge in [-0.15, -0.1) is 0 Å². The molecule has 1 aromatic carbocycles. The van der Waals surface area contributed by atoms with E-state index < -0.39 is 0 Å². The molecule has 160 valence electrons. The second kappa shape index (κ2) is 8.78. The maximum absolute atomic E-state index is 12.9. The zero-order valence-corrected chi connectivity index (χ0v) is 17.5. The van der Waals surface area contributed by atoms with Gasteiger partial charge in [-0.05, 0) is 42.5 Å². The third-order valence-electron chi connectivity index (χ3n) is 4.97. The Morgan fingerprint density at radius 2 is 2.06 bits per heavy atom. The summed E-state index contributed by atoms with van der Waals surface area (Å²) < 4.78 is 19.6. The number of rotatable bonds is 8. The van der Waals surface area contributed by atoms with E-state index in [0.717, 1.165) is 5.56 Å². The van der Waals surface area contributed by atoms with Gasteiger partial charge in [0.15, 0.2) is 0 Å². The van der Waals surface area contributed by atoms with E-state index in [2.05, 4.69) is 15.5 Å². The molecule has 0 aliphatic rings. The summed E-state index contributed by atoms with van der Waals surface area (Å²) in [6.45, 7) is 0.303. The second-order valence-corrected chi connectivity index (χ2v) is 6.83. The van der Waals surface area contributed by atoms with Crippen molar-refractivity contribution < 1.29 is 18.7 Å². The number of hydrogen-bond acceptors (Lipinski definition) is 6. The number of nitrogens with zero attached hydrogens (tertiary/aromatic N) is 4. The summed E-state index contributed by atoms with van der Waals surface area (Å²) in [7, 11) is 4.91. The van der Waals surface area contributed by atoms with Crippen LogP contribution < -0.4 is 14.8 Å². The smallest absolute Gasteiger partial charge is 0.269 e. The average Bonchev–Trinajstić information content (AvgIpc) is 3.56. The molecule has 0 saturated heterocycles. The monoisotopic (exact) mass is 421 g/mol. The Labute approximate surface area is 179 Å². The quantitative estimate of drug-likeness (QED) is 0.470. The molecule has 1 atom stereocenters. The van der Waals surface area contributed by atoms with Crippen molar-refractivity contribution in [1.29, 1.82) is 0 Å². The van der Waals surface area contributed by atoms with Crippen molar-refractivity contribution in [3.05, 3.63) is 72.6 Å². The standard InChI is InChI=1S/C22H23N5O4/c1-26-18(13-17(25-26)16-12-15(29-2)7-8-20(16)30-3)22(28)23-14-19(21-6-4-11-31-21)27-10-5-9-24-27/h4-13,19H,14H2,1-3H3,(H,23,28)/t19-/m1/s1.